The summed E-state index contributed by atoms with van der Waals surface area (Å²) in [6.07, 6.45) is 15.5. The molecule has 0 radical (unpaired) electrons. The number of hydrogen-bond donors (Lipinski definition) is 2. The Morgan fingerprint density at radius 2 is 1.48 bits per heavy atom. The normalized spacial score (nSPS) is 11.9. The predicted octanol–water partition coefficient (Wildman–Crippen LogP) is 16.7. The third kappa shape index (κ3) is 9.02. The summed E-state index contributed by atoms with van der Waals surface area (Å²) >= 11 is 1.85. The van der Waals surface area contributed by atoms with Crippen molar-refractivity contribution in [2.75, 3.05) is 6.54 Å². The highest BCUT2D eigenvalue weighted by Gasteiger charge is 2.17. The SMILES string of the molecule is C/C=C\C(=C/CC)CN.C=Cc1c(/C=C\C)n(-c2cccc(CN=Cc3cccc4oc5ccc(-c6cccc7sc8ccc(-c9ccccc9)cc8c67)cc5c34)c2)c2ccccc12.C=N. The van der Waals surface area contributed by atoms with Crippen LogP contribution in [0.3, 0.4) is 0 Å². The van der Waals surface area contributed by atoms with Gasteiger partial charge in [-0.15, -0.1) is 11.3 Å². The summed E-state index contributed by atoms with van der Waals surface area (Å²) in [5.74, 6) is 0. The van der Waals surface area contributed by atoms with Gasteiger partial charge >= 0.3 is 0 Å². The van der Waals surface area contributed by atoms with Crippen LogP contribution in [-0.4, -0.2) is 24.0 Å². The van der Waals surface area contributed by atoms with E-state index in [1.165, 1.54) is 53.4 Å². The summed E-state index contributed by atoms with van der Waals surface area (Å²) in [6, 6.07) is 54.2. The molecule has 0 bridgehead atoms. The molecule has 66 heavy (non-hydrogen) atoms. The molecule has 0 aliphatic rings. The van der Waals surface area contributed by atoms with Crippen LogP contribution in [0.5, 0.6) is 0 Å². The van der Waals surface area contributed by atoms with Crippen LogP contribution in [0.2, 0.25) is 0 Å². The van der Waals surface area contributed by atoms with E-state index in [-0.39, 0.29) is 0 Å². The van der Waals surface area contributed by atoms with Gasteiger partial charge in [-0.3, -0.25) is 4.99 Å². The summed E-state index contributed by atoms with van der Waals surface area (Å²) in [4.78, 5) is 5.00. The van der Waals surface area contributed by atoms with E-state index >= 15 is 0 Å². The molecule has 5 nitrogen and oxygen atoms in total. The molecule has 3 N–H and O–H groups in total. The number of nitrogens with zero attached hydrogens (tertiary/aromatic N) is 2. The molecule has 0 atom stereocenters. The van der Waals surface area contributed by atoms with Crippen LogP contribution < -0.4 is 5.73 Å². The van der Waals surface area contributed by atoms with E-state index in [0.717, 1.165) is 61.9 Å². The second-order valence-corrected chi connectivity index (χ2v) is 16.9. The van der Waals surface area contributed by atoms with Crippen molar-refractivity contribution >= 4 is 89.4 Å². The molecule has 7 aromatic carbocycles. The number of benzene rings is 7. The average Bonchev–Trinajstić information content (AvgIpc) is 4.04. The van der Waals surface area contributed by atoms with Gasteiger partial charge in [0.05, 0.1) is 17.8 Å². The zero-order valence-electron chi connectivity index (χ0n) is 37.8. The van der Waals surface area contributed by atoms with Crippen molar-refractivity contribution in [1.29, 1.82) is 5.41 Å². The van der Waals surface area contributed by atoms with Crippen LogP contribution in [0.1, 0.15) is 49.6 Å². The van der Waals surface area contributed by atoms with E-state index in [0.29, 0.717) is 13.1 Å². The second-order valence-electron chi connectivity index (χ2n) is 15.8. The van der Waals surface area contributed by atoms with E-state index < -0.39 is 0 Å². The lowest BCUT2D eigenvalue weighted by Crippen LogP contribution is -2.00. The van der Waals surface area contributed by atoms with Gasteiger partial charge in [-0.1, -0.05) is 141 Å². The van der Waals surface area contributed by atoms with Crippen LogP contribution in [0.25, 0.3) is 93.1 Å². The highest BCUT2D eigenvalue weighted by atomic mass is 32.1. The number of nitrogens with two attached hydrogens (primary N) is 1. The van der Waals surface area contributed by atoms with Crippen LogP contribution in [0.15, 0.2) is 198 Å². The summed E-state index contributed by atoms with van der Waals surface area (Å²) in [5.41, 5.74) is 19.9. The van der Waals surface area contributed by atoms with Crippen molar-refractivity contribution < 1.29 is 4.42 Å². The van der Waals surface area contributed by atoms with Crippen molar-refractivity contribution in [3.63, 3.8) is 0 Å². The molecule has 0 spiro atoms. The Labute approximate surface area is 391 Å². The van der Waals surface area contributed by atoms with Crippen molar-refractivity contribution in [3.05, 3.63) is 210 Å². The number of rotatable bonds is 11. The highest BCUT2D eigenvalue weighted by Crippen LogP contribution is 2.43. The number of fused-ring (bicyclic) bond motifs is 7. The van der Waals surface area contributed by atoms with Gasteiger partial charge in [-0.25, -0.2) is 0 Å². The summed E-state index contributed by atoms with van der Waals surface area (Å²) in [5, 5.41) is 11.4. The third-order valence-corrected chi connectivity index (χ3v) is 12.8. The average molecular weight is 879 g/mol. The topological polar surface area (TPSA) is 80.3 Å². The minimum Gasteiger partial charge on any atom is -0.456 e. The fourth-order valence-corrected chi connectivity index (χ4v) is 9.96. The van der Waals surface area contributed by atoms with Gasteiger partial charge in [0.25, 0.3) is 0 Å². The number of allylic oxidation sites excluding steroid dienone is 3. The smallest absolute Gasteiger partial charge is 0.136 e. The number of aromatic nitrogens is 1. The Balaban J connectivity index is 0.000000485. The first kappa shape index (κ1) is 44.9. The molecular formula is C60H54N4OS. The van der Waals surface area contributed by atoms with Gasteiger partial charge in [0, 0.05) is 65.9 Å². The standard InChI is InChI=1S/C51H36N2OS.C8H15N.CH3N/c1-3-13-44-39(4-2)41-19-8-9-21-45(41)53(44)38-18-10-14-33(28-38)31-52-32-37-17-11-22-47-50(37)42-30-36(24-26-46(42)54-47)40-20-12-23-49-51(40)43-29-35(25-27-48(43)55-49)34-15-6-5-7-16-34;1-3-5-8(7-9)6-4-2;1-2/h3-30,32H,2,31H2,1H3;3,5-6H,4,7,9H2,1-2H3;2H,1H2/b13-3-,52-32?;5-3-,8-6+;. The molecule has 0 saturated carbocycles. The largest absolute Gasteiger partial charge is 0.456 e. The van der Waals surface area contributed by atoms with Crippen LogP contribution in [-0.2, 0) is 6.54 Å². The van der Waals surface area contributed by atoms with E-state index in [1.807, 2.05) is 48.8 Å². The maximum atomic E-state index is 6.42. The molecule has 0 unspecified atom stereocenters. The monoisotopic (exact) mass is 878 g/mol. The number of furan rings is 1. The lowest BCUT2D eigenvalue weighted by molar-refractivity contribution is 0.669. The van der Waals surface area contributed by atoms with E-state index in [9.17, 15) is 0 Å². The first-order valence-corrected chi connectivity index (χ1v) is 23.2. The number of aliphatic imine (C=N–C) groups is 1. The molecule has 326 valence electrons. The van der Waals surface area contributed by atoms with Crippen molar-refractivity contribution in [1.82, 2.24) is 4.57 Å². The number of nitrogens with one attached hydrogen (secondary N) is 1. The minimum absolute atomic E-state index is 0.552. The first-order valence-electron chi connectivity index (χ1n) is 22.3. The lowest BCUT2D eigenvalue weighted by atomic mass is 9.96. The number of thiophene rings is 1. The molecule has 3 heterocycles. The van der Waals surface area contributed by atoms with Gasteiger partial charge in [0.15, 0.2) is 0 Å². The Morgan fingerprint density at radius 3 is 2.27 bits per heavy atom. The number of hydrogen-bond acceptors (Lipinski definition) is 5. The zero-order chi connectivity index (χ0) is 46.0. The lowest BCUT2D eigenvalue weighted by Gasteiger charge is -2.11. The molecule has 6 heteroatoms. The van der Waals surface area contributed by atoms with Crippen LogP contribution in [0, 0.1) is 5.41 Å². The summed E-state index contributed by atoms with van der Waals surface area (Å²) in [7, 11) is 0. The molecule has 3 aromatic heterocycles. The summed E-state index contributed by atoms with van der Waals surface area (Å²) < 4.78 is 11.3. The van der Waals surface area contributed by atoms with Crippen molar-refractivity contribution in [3.8, 4) is 27.9 Å². The third-order valence-electron chi connectivity index (χ3n) is 11.7. The molecule has 0 saturated heterocycles. The molecule has 0 aliphatic carbocycles. The maximum absolute atomic E-state index is 6.42. The highest BCUT2D eigenvalue weighted by molar-refractivity contribution is 7.26. The van der Waals surface area contributed by atoms with Gasteiger partial charge in [0.2, 0.25) is 0 Å². The van der Waals surface area contributed by atoms with E-state index in [2.05, 4.69) is 196 Å². The molecule has 10 rings (SSSR count). The van der Waals surface area contributed by atoms with E-state index in [1.54, 1.807) is 0 Å². The van der Waals surface area contributed by atoms with Crippen LogP contribution in [0.4, 0.5) is 0 Å². The molecule has 0 amide bonds. The Kier molecular flexibility index (Phi) is 14.2. The van der Waals surface area contributed by atoms with Gasteiger partial charge in [0.1, 0.15) is 11.2 Å². The molecule has 0 aliphatic heterocycles. The maximum Gasteiger partial charge on any atom is 0.136 e. The first-order chi connectivity index (χ1) is 32.5. The molecular weight excluding hydrogens is 825 g/mol. The van der Waals surface area contributed by atoms with Gasteiger partial charge in [-0.2, -0.15) is 0 Å². The molecule has 10 aromatic rings. The fraction of sp³-hybridized carbons (Fsp3) is 0.100. The van der Waals surface area contributed by atoms with Gasteiger partial charge in [-0.05, 0) is 121 Å². The molecule has 0 fully saturated rings. The van der Waals surface area contributed by atoms with Gasteiger partial charge < -0.3 is 20.1 Å². The van der Waals surface area contributed by atoms with Crippen LogP contribution >= 0.6 is 11.3 Å². The zero-order valence-corrected chi connectivity index (χ0v) is 38.6. The Morgan fingerprint density at radius 1 is 0.712 bits per heavy atom. The van der Waals surface area contributed by atoms with E-state index in [4.69, 9.17) is 20.6 Å². The second kappa shape index (κ2) is 20.9. The fourth-order valence-electron chi connectivity index (χ4n) is 8.85. The Hall–Kier alpha value is -7.64. The van der Waals surface area contributed by atoms with Crippen molar-refractivity contribution in [2.24, 2.45) is 10.7 Å². The predicted molar refractivity (Wildman–Crippen MR) is 289 cm³/mol. The quantitative estimate of drug-likeness (QED) is 0.100. The van der Waals surface area contributed by atoms with Crippen molar-refractivity contribution in [2.45, 2.75) is 33.7 Å². The number of para-hydroxylation sites is 1. The minimum atomic E-state index is 0.552. The Bertz CT molecular complexity index is 3450. The summed E-state index contributed by atoms with van der Waals surface area (Å²) in [6.45, 7) is 14.0.